The van der Waals surface area contributed by atoms with Gasteiger partial charge >= 0.3 is 0 Å². The van der Waals surface area contributed by atoms with Gasteiger partial charge in [-0.1, -0.05) is 15.9 Å². The molecule has 0 unspecified atom stereocenters. The van der Waals surface area contributed by atoms with E-state index in [9.17, 15) is 0 Å². The van der Waals surface area contributed by atoms with Crippen molar-refractivity contribution in [3.63, 3.8) is 0 Å². The molecule has 11 heavy (non-hydrogen) atoms. The first kappa shape index (κ1) is 9.48. The number of benzene rings is 1. The smallest absolute Gasteiger partial charge is 0.0250 e. The molecule has 0 radical (unpaired) electrons. The Morgan fingerprint density at radius 2 is 2.18 bits per heavy atom. The van der Waals surface area contributed by atoms with Crippen LogP contribution in [-0.4, -0.2) is 0 Å². The lowest BCUT2D eigenvalue weighted by Gasteiger charge is -2.05. The van der Waals surface area contributed by atoms with Gasteiger partial charge in [0, 0.05) is 14.6 Å². The SMILES string of the molecule is Cc1cc(I)cc(CN)c1Br. The maximum Gasteiger partial charge on any atom is 0.0250 e. The van der Waals surface area contributed by atoms with Gasteiger partial charge < -0.3 is 5.73 Å². The zero-order valence-electron chi connectivity index (χ0n) is 6.20. The summed E-state index contributed by atoms with van der Waals surface area (Å²) in [4.78, 5) is 0. The summed E-state index contributed by atoms with van der Waals surface area (Å²) in [5.41, 5.74) is 7.98. The average Bonchev–Trinajstić information content (AvgIpc) is 1.96. The standard InChI is InChI=1S/C8H9BrIN/c1-5-2-7(10)3-6(4-11)8(5)9/h2-3H,4,11H2,1H3. The molecule has 0 aliphatic heterocycles. The molecule has 1 aromatic rings. The normalized spacial score (nSPS) is 10.2. The molecule has 0 amide bonds. The lowest BCUT2D eigenvalue weighted by atomic mass is 10.1. The van der Waals surface area contributed by atoms with Gasteiger partial charge in [0.1, 0.15) is 0 Å². The Kier molecular flexibility index (Phi) is 3.33. The van der Waals surface area contributed by atoms with Gasteiger partial charge in [0.2, 0.25) is 0 Å². The molecule has 0 atom stereocenters. The molecule has 0 saturated heterocycles. The molecule has 0 heterocycles. The van der Waals surface area contributed by atoms with E-state index in [4.69, 9.17) is 5.73 Å². The highest BCUT2D eigenvalue weighted by Gasteiger charge is 2.01. The van der Waals surface area contributed by atoms with Crippen LogP contribution < -0.4 is 5.73 Å². The van der Waals surface area contributed by atoms with Gasteiger partial charge in [-0.25, -0.2) is 0 Å². The molecule has 0 bridgehead atoms. The summed E-state index contributed by atoms with van der Waals surface area (Å²) in [6, 6.07) is 4.22. The molecule has 1 rings (SSSR count). The van der Waals surface area contributed by atoms with E-state index in [0.717, 1.165) is 4.47 Å². The van der Waals surface area contributed by atoms with Crippen LogP contribution in [0.5, 0.6) is 0 Å². The first-order valence-corrected chi connectivity index (χ1v) is 5.17. The summed E-state index contributed by atoms with van der Waals surface area (Å²) in [7, 11) is 0. The number of hydrogen-bond donors (Lipinski definition) is 1. The van der Waals surface area contributed by atoms with Crippen molar-refractivity contribution in [3.8, 4) is 0 Å². The number of aryl methyl sites for hydroxylation is 1. The number of hydrogen-bond acceptors (Lipinski definition) is 1. The summed E-state index contributed by atoms with van der Waals surface area (Å²) in [5.74, 6) is 0. The molecule has 1 nitrogen and oxygen atoms in total. The van der Waals surface area contributed by atoms with Gasteiger partial charge in [0.05, 0.1) is 0 Å². The topological polar surface area (TPSA) is 26.0 Å². The molecule has 0 aromatic heterocycles. The predicted molar refractivity (Wildman–Crippen MR) is 59.5 cm³/mol. The van der Waals surface area contributed by atoms with Gasteiger partial charge in [-0.3, -0.25) is 0 Å². The largest absolute Gasteiger partial charge is 0.326 e. The Morgan fingerprint density at radius 1 is 1.55 bits per heavy atom. The lowest BCUT2D eigenvalue weighted by Crippen LogP contribution is -1.99. The second kappa shape index (κ2) is 3.87. The van der Waals surface area contributed by atoms with Crippen LogP contribution in [0.1, 0.15) is 11.1 Å². The Morgan fingerprint density at radius 3 is 2.73 bits per heavy atom. The molecule has 0 fully saturated rings. The van der Waals surface area contributed by atoms with Crippen molar-refractivity contribution in [1.29, 1.82) is 0 Å². The molecule has 2 N–H and O–H groups in total. The lowest BCUT2D eigenvalue weighted by molar-refractivity contribution is 1.05. The Bertz CT molecular complexity index is 273. The predicted octanol–water partition coefficient (Wildman–Crippen LogP) is 2.82. The van der Waals surface area contributed by atoms with Crippen LogP contribution in [-0.2, 0) is 6.54 Å². The van der Waals surface area contributed by atoms with Crippen molar-refractivity contribution in [2.45, 2.75) is 13.5 Å². The van der Waals surface area contributed by atoms with Gasteiger partial charge in [-0.2, -0.15) is 0 Å². The van der Waals surface area contributed by atoms with Crippen LogP contribution in [0.3, 0.4) is 0 Å². The van der Waals surface area contributed by atoms with Crippen molar-refractivity contribution in [1.82, 2.24) is 0 Å². The highest BCUT2D eigenvalue weighted by Crippen LogP contribution is 2.23. The maximum absolute atomic E-state index is 5.56. The van der Waals surface area contributed by atoms with Crippen LogP contribution in [0.2, 0.25) is 0 Å². The summed E-state index contributed by atoms with van der Waals surface area (Å²) in [6.45, 7) is 2.67. The minimum Gasteiger partial charge on any atom is -0.326 e. The maximum atomic E-state index is 5.56. The van der Waals surface area contributed by atoms with E-state index >= 15 is 0 Å². The summed E-state index contributed by atoms with van der Waals surface area (Å²) in [6.07, 6.45) is 0. The molecule has 0 aliphatic rings. The second-order valence-electron chi connectivity index (χ2n) is 2.40. The van der Waals surface area contributed by atoms with E-state index in [1.165, 1.54) is 14.7 Å². The Hall–Kier alpha value is 0.390. The first-order chi connectivity index (χ1) is 5.15. The molecule has 0 saturated carbocycles. The van der Waals surface area contributed by atoms with Crippen LogP contribution in [0.4, 0.5) is 0 Å². The molecular formula is C8H9BrIN. The fourth-order valence-corrected chi connectivity index (χ4v) is 2.18. The molecule has 0 spiro atoms. The summed E-state index contributed by atoms with van der Waals surface area (Å²) < 4.78 is 2.38. The van der Waals surface area contributed by atoms with E-state index < -0.39 is 0 Å². The van der Waals surface area contributed by atoms with E-state index in [-0.39, 0.29) is 0 Å². The highest BCUT2D eigenvalue weighted by atomic mass is 127. The summed E-state index contributed by atoms with van der Waals surface area (Å²) >= 11 is 5.79. The minimum atomic E-state index is 0.596. The molecule has 0 aliphatic carbocycles. The van der Waals surface area contributed by atoms with Gasteiger partial charge in [0.15, 0.2) is 0 Å². The van der Waals surface area contributed by atoms with Gasteiger partial charge in [0.25, 0.3) is 0 Å². The first-order valence-electron chi connectivity index (χ1n) is 3.29. The van der Waals surface area contributed by atoms with Crippen molar-refractivity contribution in [2.75, 3.05) is 0 Å². The van der Waals surface area contributed by atoms with E-state index in [1.54, 1.807) is 0 Å². The van der Waals surface area contributed by atoms with E-state index in [1.807, 2.05) is 0 Å². The van der Waals surface area contributed by atoms with Crippen LogP contribution >= 0.6 is 38.5 Å². The van der Waals surface area contributed by atoms with Crippen LogP contribution in [0.25, 0.3) is 0 Å². The molecule has 3 heteroatoms. The van der Waals surface area contributed by atoms with E-state index in [0.29, 0.717) is 6.54 Å². The third-order valence-corrected chi connectivity index (χ3v) is 3.27. The fraction of sp³-hybridized carbons (Fsp3) is 0.250. The van der Waals surface area contributed by atoms with Crippen molar-refractivity contribution in [2.24, 2.45) is 5.73 Å². The van der Waals surface area contributed by atoms with Crippen molar-refractivity contribution < 1.29 is 0 Å². The quantitative estimate of drug-likeness (QED) is 0.789. The zero-order valence-corrected chi connectivity index (χ0v) is 9.94. The third-order valence-electron chi connectivity index (χ3n) is 1.51. The molecule has 60 valence electrons. The average molecular weight is 326 g/mol. The minimum absolute atomic E-state index is 0.596. The monoisotopic (exact) mass is 325 g/mol. The van der Waals surface area contributed by atoms with Crippen molar-refractivity contribution in [3.05, 3.63) is 31.3 Å². The molecular weight excluding hydrogens is 317 g/mol. The van der Waals surface area contributed by atoms with Gasteiger partial charge in [-0.15, -0.1) is 0 Å². The Labute approximate surface area is 88.6 Å². The van der Waals surface area contributed by atoms with Crippen molar-refractivity contribution >= 4 is 38.5 Å². The number of halogens is 2. The highest BCUT2D eigenvalue weighted by molar-refractivity contribution is 14.1. The summed E-state index contributed by atoms with van der Waals surface area (Å²) in [5, 5.41) is 0. The fourth-order valence-electron chi connectivity index (χ4n) is 0.943. The van der Waals surface area contributed by atoms with Gasteiger partial charge in [-0.05, 0) is 52.8 Å². The number of rotatable bonds is 1. The third kappa shape index (κ3) is 2.16. The van der Waals surface area contributed by atoms with Crippen LogP contribution in [0, 0.1) is 10.5 Å². The molecule has 1 aromatic carbocycles. The Balaban J connectivity index is 3.24. The van der Waals surface area contributed by atoms with Crippen LogP contribution in [0.15, 0.2) is 16.6 Å². The second-order valence-corrected chi connectivity index (χ2v) is 4.44. The zero-order chi connectivity index (χ0) is 8.43. The van der Waals surface area contributed by atoms with E-state index in [2.05, 4.69) is 57.6 Å². The number of nitrogens with two attached hydrogens (primary N) is 1.